The first-order chi connectivity index (χ1) is 8.31. The fourth-order valence-electron chi connectivity index (χ4n) is 1.49. The first-order valence-electron chi connectivity index (χ1n) is 5.49. The average Bonchev–Trinajstić information content (AvgIpc) is 2.78. The summed E-state index contributed by atoms with van der Waals surface area (Å²) in [4.78, 5) is 0. The number of nitrogens with two attached hydrogens (primary N) is 1. The third kappa shape index (κ3) is 3.04. The van der Waals surface area contributed by atoms with Gasteiger partial charge in [-0.3, -0.25) is 0 Å². The number of hydrogen-bond acceptors (Lipinski definition) is 5. The van der Waals surface area contributed by atoms with E-state index in [2.05, 4.69) is 34.6 Å². The third-order valence-electron chi connectivity index (χ3n) is 2.39. The maximum atomic E-state index is 5.50. The zero-order valence-electron chi connectivity index (χ0n) is 9.65. The van der Waals surface area contributed by atoms with E-state index in [0.29, 0.717) is 18.3 Å². The van der Waals surface area contributed by atoms with Gasteiger partial charge in [0.15, 0.2) is 0 Å². The molecule has 0 fully saturated rings. The van der Waals surface area contributed by atoms with Crippen LogP contribution in [0.3, 0.4) is 0 Å². The minimum absolute atomic E-state index is 0.318. The van der Waals surface area contributed by atoms with E-state index in [9.17, 15) is 0 Å². The zero-order valence-corrected chi connectivity index (χ0v) is 10.5. The largest absolute Gasteiger partial charge is 0.329 e. The van der Waals surface area contributed by atoms with Crippen LogP contribution in [0, 0.1) is 0 Å². The molecule has 1 unspecified atom stereocenters. The molecular weight excluding hydrogens is 234 g/mol. The molecule has 2 rings (SSSR count). The van der Waals surface area contributed by atoms with Crippen LogP contribution in [0.25, 0.3) is 0 Å². The van der Waals surface area contributed by atoms with E-state index in [-0.39, 0.29) is 0 Å². The molecule has 0 saturated carbocycles. The predicted molar refractivity (Wildman–Crippen MR) is 67.6 cm³/mol. The quantitative estimate of drug-likeness (QED) is 0.813. The molecule has 0 bridgehead atoms. The molecule has 1 heterocycles. The lowest BCUT2D eigenvalue weighted by molar-refractivity contribution is 0.556. The second-order valence-corrected chi connectivity index (χ2v) is 4.95. The van der Waals surface area contributed by atoms with E-state index in [0.717, 1.165) is 5.16 Å². The molecule has 0 aliphatic rings. The van der Waals surface area contributed by atoms with Gasteiger partial charge in [0, 0.05) is 11.8 Å². The van der Waals surface area contributed by atoms with Crippen LogP contribution in [0.15, 0.2) is 35.5 Å². The Labute approximate surface area is 104 Å². The molecule has 1 aromatic carbocycles. The monoisotopic (exact) mass is 249 g/mol. The Balaban J connectivity index is 2.08. The molecule has 90 valence electrons. The summed E-state index contributed by atoms with van der Waals surface area (Å²) < 4.78 is 1.74. The molecular formula is C11H15N5S. The summed E-state index contributed by atoms with van der Waals surface area (Å²) in [6.07, 6.45) is 0. The van der Waals surface area contributed by atoms with Gasteiger partial charge in [0.05, 0.1) is 6.54 Å². The predicted octanol–water partition coefficient (Wildman–Crippen LogP) is 1.49. The molecule has 1 atom stereocenters. The van der Waals surface area contributed by atoms with E-state index in [1.54, 1.807) is 16.4 Å². The zero-order chi connectivity index (χ0) is 12.1. The van der Waals surface area contributed by atoms with Crippen LogP contribution < -0.4 is 5.73 Å². The molecule has 0 aliphatic heterocycles. The number of thioether (sulfide) groups is 1. The standard InChI is InChI=1S/C11H15N5S/c1-9(10-5-3-2-4-6-10)17-11-13-14-15-16(11)8-7-12/h2-6,9H,7-8,12H2,1H3. The van der Waals surface area contributed by atoms with Gasteiger partial charge < -0.3 is 5.73 Å². The Morgan fingerprint density at radius 3 is 2.82 bits per heavy atom. The fraction of sp³-hybridized carbons (Fsp3) is 0.364. The van der Waals surface area contributed by atoms with Crippen molar-refractivity contribution in [1.82, 2.24) is 20.2 Å². The van der Waals surface area contributed by atoms with Gasteiger partial charge in [-0.05, 0) is 22.9 Å². The Morgan fingerprint density at radius 2 is 2.12 bits per heavy atom. The van der Waals surface area contributed by atoms with Crippen LogP contribution >= 0.6 is 11.8 Å². The highest BCUT2D eigenvalue weighted by atomic mass is 32.2. The van der Waals surface area contributed by atoms with Gasteiger partial charge in [0.1, 0.15) is 0 Å². The summed E-state index contributed by atoms with van der Waals surface area (Å²) in [5, 5.41) is 12.7. The highest BCUT2D eigenvalue weighted by Gasteiger charge is 2.12. The Kier molecular flexibility index (Phi) is 4.11. The van der Waals surface area contributed by atoms with E-state index in [1.807, 2.05) is 18.2 Å². The molecule has 0 saturated heterocycles. The second-order valence-electron chi connectivity index (χ2n) is 3.64. The maximum absolute atomic E-state index is 5.50. The number of rotatable bonds is 5. The van der Waals surface area contributed by atoms with Gasteiger partial charge in [-0.2, -0.15) is 0 Å². The van der Waals surface area contributed by atoms with Crippen LogP contribution in [0.2, 0.25) is 0 Å². The van der Waals surface area contributed by atoms with Gasteiger partial charge >= 0.3 is 0 Å². The molecule has 5 nitrogen and oxygen atoms in total. The maximum Gasteiger partial charge on any atom is 0.209 e. The second kappa shape index (κ2) is 5.79. The summed E-state index contributed by atoms with van der Waals surface area (Å²) in [5.41, 5.74) is 6.77. The lowest BCUT2D eigenvalue weighted by atomic mass is 10.2. The van der Waals surface area contributed by atoms with Crippen LogP contribution in [-0.4, -0.2) is 26.8 Å². The molecule has 6 heteroatoms. The van der Waals surface area contributed by atoms with Crippen LogP contribution in [0.1, 0.15) is 17.7 Å². The smallest absolute Gasteiger partial charge is 0.209 e. The van der Waals surface area contributed by atoms with Gasteiger partial charge in [-0.15, -0.1) is 5.10 Å². The minimum Gasteiger partial charge on any atom is -0.329 e. The average molecular weight is 249 g/mol. The fourth-order valence-corrected chi connectivity index (χ4v) is 2.44. The topological polar surface area (TPSA) is 69.6 Å². The van der Waals surface area contributed by atoms with E-state index >= 15 is 0 Å². The molecule has 0 amide bonds. The van der Waals surface area contributed by atoms with E-state index in [4.69, 9.17) is 5.73 Å². The van der Waals surface area contributed by atoms with Gasteiger partial charge in [-0.1, -0.05) is 42.1 Å². The number of tetrazole rings is 1. The first kappa shape index (κ1) is 12.1. The summed E-state index contributed by atoms with van der Waals surface area (Å²) in [5.74, 6) is 0. The van der Waals surface area contributed by atoms with Crippen LogP contribution in [-0.2, 0) is 6.54 Å². The number of hydrogen-bond donors (Lipinski definition) is 1. The number of benzene rings is 1. The lowest BCUT2D eigenvalue weighted by Crippen LogP contribution is -2.12. The van der Waals surface area contributed by atoms with Crippen molar-refractivity contribution in [3.05, 3.63) is 35.9 Å². The van der Waals surface area contributed by atoms with Crippen molar-refractivity contribution in [2.45, 2.75) is 23.9 Å². The molecule has 2 aromatic rings. The summed E-state index contributed by atoms with van der Waals surface area (Å²) >= 11 is 1.64. The van der Waals surface area contributed by atoms with Crippen molar-refractivity contribution in [2.24, 2.45) is 5.73 Å². The van der Waals surface area contributed by atoms with Crippen molar-refractivity contribution in [3.63, 3.8) is 0 Å². The molecule has 0 aliphatic carbocycles. The minimum atomic E-state index is 0.318. The van der Waals surface area contributed by atoms with E-state index < -0.39 is 0 Å². The molecule has 17 heavy (non-hydrogen) atoms. The highest BCUT2D eigenvalue weighted by molar-refractivity contribution is 7.99. The lowest BCUT2D eigenvalue weighted by Gasteiger charge is -2.10. The summed E-state index contributed by atoms with van der Waals surface area (Å²) in [7, 11) is 0. The third-order valence-corrected chi connectivity index (χ3v) is 3.52. The molecule has 2 N–H and O–H groups in total. The normalized spacial score (nSPS) is 12.6. The van der Waals surface area contributed by atoms with Crippen molar-refractivity contribution >= 4 is 11.8 Å². The van der Waals surface area contributed by atoms with Crippen molar-refractivity contribution in [2.75, 3.05) is 6.54 Å². The van der Waals surface area contributed by atoms with Crippen molar-refractivity contribution in [3.8, 4) is 0 Å². The summed E-state index contributed by atoms with van der Waals surface area (Å²) in [6.45, 7) is 3.33. The van der Waals surface area contributed by atoms with Gasteiger partial charge in [-0.25, -0.2) is 4.68 Å². The Morgan fingerprint density at radius 1 is 1.35 bits per heavy atom. The molecule has 0 spiro atoms. The first-order valence-corrected chi connectivity index (χ1v) is 6.37. The highest BCUT2D eigenvalue weighted by Crippen LogP contribution is 2.32. The molecule has 0 radical (unpaired) electrons. The van der Waals surface area contributed by atoms with Crippen LogP contribution in [0.4, 0.5) is 0 Å². The number of aromatic nitrogens is 4. The van der Waals surface area contributed by atoms with E-state index in [1.165, 1.54) is 5.56 Å². The van der Waals surface area contributed by atoms with Crippen molar-refractivity contribution < 1.29 is 0 Å². The van der Waals surface area contributed by atoms with Gasteiger partial charge in [0.25, 0.3) is 0 Å². The summed E-state index contributed by atoms with van der Waals surface area (Å²) in [6, 6.07) is 10.3. The van der Waals surface area contributed by atoms with Crippen LogP contribution in [0.5, 0.6) is 0 Å². The molecule has 1 aromatic heterocycles. The Hall–Kier alpha value is -1.40. The number of nitrogens with zero attached hydrogens (tertiary/aromatic N) is 4. The SMILES string of the molecule is CC(Sc1nnnn1CCN)c1ccccc1. The Bertz CT molecular complexity index is 456. The van der Waals surface area contributed by atoms with Gasteiger partial charge in [0.2, 0.25) is 5.16 Å². The van der Waals surface area contributed by atoms with Crippen molar-refractivity contribution in [1.29, 1.82) is 0 Å².